The Balaban J connectivity index is 1.40. The van der Waals surface area contributed by atoms with E-state index in [9.17, 15) is 4.79 Å². The van der Waals surface area contributed by atoms with Crippen LogP contribution in [0.1, 0.15) is 21.3 Å². The van der Waals surface area contributed by atoms with Gasteiger partial charge in [-0.25, -0.2) is 9.97 Å². The summed E-state index contributed by atoms with van der Waals surface area (Å²) in [4.78, 5) is 25.0. The van der Waals surface area contributed by atoms with Crippen molar-refractivity contribution in [2.75, 3.05) is 31.1 Å². The zero-order valence-electron chi connectivity index (χ0n) is 14.7. The number of carbonyl (C=O) groups is 1. The highest BCUT2D eigenvalue weighted by molar-refractivity contribution is 7.09. The van der Waals surface area contributed by atoms with Gasteiger partial charge < -0.3 is 9.80 Å². The predicted molar refractivity (Wildman–Crippen MR) is 98.9 cm³/mol. The highest BCUT2D eigenvalue weighted by Gasteiger charge is 2.24. The van der Waals surface area contributed by atoms with Crippen LogP contribution in [0.4, 0.5) is 5.82 Å². The van der Waals surface area contributed by atoms with Crippen molar-refractivity contribution in [3.8, 4) is 5.82 Å². The summed E-state index contributed by atoms with van der Waals surface area (Å²) in [5.41, 5.74) is 0.542. The smallest absolute Gasteiger partial charge is 0.273 e. The van der Waals surface area contributed by atoms with Crippen LogP contribution >= 0.6 is 11.3 Å². The first-order chi connectivity index (χ1) is 12.6. The molecule has 0 N–H and O–H groups in total. The molecule has 1 fully saturated rings. The lowest BCUT2D eigenvalue weighted by Crippen LogP contribution is -2.49. The molecule has 0 atom stereocenters. The molecular formula is C17H19N7OS. The first kappa shape index (κ1) is 16.6. The van der Waals surface area contributed by atoms with Gasteiger partial charge in [-0.3, -0.25) is 9.36 Å². The van der Waals surface area contributed by atoms with Gasteiger partial charge in [0.1, 0.15) is 11.5 Å². The van der Waals surface area contributed by atoms with E-state index in [1.54, 1.807) is 6.20 Å². The van der Waals surface area contributed by atoms with E-state index >= 15 is 0 Å². The number of aromatic nitrogens is 5. The molecule has 3 aromatic heterocycles. The molecule has 4 rings (SSSR count). The molecule has 0 saturated carbocycles. The van der Waals surface area contributed by atoms with E-state index in [0.717, 1.165) is 35.6 Å². The number of piperazine rings is 1. The summed E-state index contributed by atoms with van der Waals surface area (Å²) in [5, 5.41) is 11.4. The average molecular weight is 369 g/mol. The number of carbonyl (C=O) groups excluding carboxylic acids is 1. The molecule has 0 spiro atoms. The second-order valence-electron chi connectivity index (χ2n) is 6.13. The molecule has 26 heavy (non-hydrogen) atoms. The third kappa shape index (κ3) is 3.17. The first-order valence-electron chi connectivity index (χ1n) is 8.42. The van der Waals surface area contributed by atoms with Crippen LogP contribution in [0.5, 0.6) is 0 Å². The standard InChI is InChI=1S/C17H19N7OS/c1-12-18-5-6-24(12)16-4-3-15(20-21-16)22-7-9-23(10-8-22)17(25)14-11-26-13(2)19-14/h3-6,11H,7-10H2,1-2H3. The fourth-order valence-electron chi connectivity index (χ4n) is 3.00. The van der Waals surface area contributed by atoms with E-state index in [-0.39, 0.29) is 5.91 Å². The summed E-state index contributed by atoms with van der Waals surface area (Å²) in [6.07, 6.45) is 3.61. The van der Waals surface area contributed by atoms with Gasteiger partial charge in [-0.1, -0.05) is 0 Å². The Bertz CT molecular complexity index is 909. The number of aryl methyl sites for hydroxylation is 2. The SMILES string of the molecule is Cc1nc(C(=O)N2CCN(c3ccc(-n4ccnc4C)nn3)CC2)cs1. The van der Waals surface area contributed by atoms with E-state index < -0.39 is 0 Å². The summed E-state index contributed by atoms with van der Waals surface area (Å²) >= 11 is 1.50. The van der Waals surface area contributed by atoms with Crippen LogP contribution in [-0.4, -0.2) is 61.7 Å². The van der Waals surface area contributed by atoms with Crippen LogP contribution in [0.25, 0.3) is 5.82 Å². The Kier molecular flexibility index (Phi) is 4.37. The van der Waals surface area contributed by atoms with Crippen molar-refractivity contribution >= 4 is 23.1 Å². The van der Waals surface area contributed by atoms with Crippen LogP contribution in [0.3, 0.4) is 0 Å². The third-order valence-corrected chi connectivity index (χ3v) is 5.21. The van der Waals surface area contributed by atoms with Crippen molar-refractivity contribution in [1.29, 1.82) is 0 Å². The Morgan fingerprint density at radius 1 is 1.08 bits per heavy atom. The number of imidazole rings is 1. The van der Waals surface area contributed by atoms with Crippen LogP contribution in [0, 0.1) is 13.8 Å². The van der Waals surface area contributed by atoms with E-state index in [4.69, 9.17) is 0 Å². The van der Waals surface area contributed by atoms with Gasteiger partial charge in [0.25, 0.3) is 5.91 Å². The summed E-state index contributed by atoms with van der Waals surface area (Å²) in [6.45, 7) is 6.60. The summed E-state index contributed by atoms with van der Waals surface area (Å²) in [7, 11) is 0. The van der Waals surface area contributed by atoms with E-state index in [1.807, 2.05) is 47.0 Å². The molecule has 1 aliphatic heterocycles. The van der Waals surface area contributed by atoms with E-state index in [0.29, 0.717) is 18.8 Å². The third-order valence-electron chi connectivity index (χ3n) is 4.44. The average Bonchev–Trinajstić information content (AvgIpc) is 3.30. The van der Waals surface area contributed by atoms with Crippen molar-refractivity contribution in [2.45, 2.75) is 13.8 Å². The van der Waals surface area contributed by atoms with Crippen molar-refractivity contribution in [3.63, 3.8) is 0 Å². The highest BCUT2D eigenvalue weighted by Crippen LogP contribution is 2.17. The monoisotopic (exact) mass is 369 g/mol. The summed E-state index contributed by atoms with van der Waals surface area (Å²) in [5.74, 6) is 2.45. The van der Waals surface area contributed by atoms with Crippen molar-refractivity contribution < 1.29 is 4.79 Å². The van der Waals surface area contributed by atoms with E-state index in [2.05, 4.69) is 25.1 Å². The number of hydrogen-bond acceptors (Lipinski definition) is 7. The fourth-order valence-corrected chi connectivity index (χ4v) is 3.58. The molecule has 1 saturated heterocycles. The van der Waals surface area contributed by atoms with Gasteiger partial charge >= 0.3 is 0 Å². The van der Waals surface area contributed by atoms with Gasteiger partial charge in [-0.2, -0.15) is 0 Å². The van der Waals surface area contributed by atoms with E-state index in [1.165, 1.54) is 11.3 Å². The first-order valence-corrected chi connectivity index (χ1v) is 9.30. The molecule has 1 aliphatic rings. The number of nitrogens with zero attached hydrogens (tertiary/aromatic N) is 7. The largest absolute Gasteiger partial charge is 0.352 e. The number of thiazole rings is 1. The van der Waals surface area contributed by atoms with Gasteiger partial charge in [0.2, 0.25) is 0 Å². The molecule has 0 bridgehead atoms. The van der Waals surface area contributed by atoms with Crippen LogP contribution in [-0.2, 0) is 0 Å². The zero-order chi connectivity index (χ0) is 18.1. The molecule has 0 unspecified atom stereocenters. The van der Waals surface area contributed by atoms with Gasteiger partial charge in [0, 0.05) is 44.0 Å². The Morgan fingerprint density at radius 2 is 1.81 bits per heavy atom. The Hall–Kier alpha value is -2.81. The topological polar surface area (TPSA) is 80.0 Å². The number of rotatable bonds is 3. The van der Waals surface area contributed by atoms with Gasteiger partial charge in [-0.05, 0) is 26.0 Å². The molecule has 3 aromatic rings. The number of anilines is 1. The van der Waals surface area contributed by atoms with Crippen molar-refractivity contribution in [3.05, 3.63) is 46.4 Å². The Labute approximate surface area is 155 Å². The quantitative estimate of drug-likeness (QED) is 0.699. The Morgan fingerprint density at radius 3 is 2.38 bits per heavy atom. The van der Waals surface area contributed by atoms with Gasteiger partial charge in [0.15, 0.2) is 11.6 Å². The van der Waals surface area contributed by atoms with Gasteiger partial charge in [-0.15, -0.1) is 21.5 Å². The molecule has 1 amide bonds. The van der Waals surface area contributed by atoms with Crippen LogP contribution < -0.4 is 4.90 Å². The molecule has 134 valence electrons. The summed E-state index contributed by atoms with van der Waals surface area (Å²) < 4.78 is 1.89. The molecule has 0 aromatic carbocycles. The maximum Gasteiger partial charge on any atom is 0.273 e. The lowest BCUT2D eigenvalue weighted by molar-refractivity contribution is 0.0741. The van der Waals surface area contributed by atoms with Crippen molar-refractivity contribution in [1.82, 2.24) is 29.6 Å². The lowest BCUT2D eigenvalue weighted by atomic mass is 10.3. The molecule has 0 radical (unpaired) electrons. The molecule has 0 aliphatic carbocycles. The molecule has 9 heteroatoms. The number of hydrogen-bond donors (Lipinski definition) is 0. The minimum Gasteiger partial charge on any atom is -0.352 e. The second-order valence-corrected chi connectivity index (χ2v) is 7.19. The molecule has 8 nitrogen and oxygen atoms in total. The maximum atomic E-state index is 12.5. The highest BCUT2D eigenvalue weighted by atomic mass is 32.1. The minimum atomic E-state index is 0.00557. The van der Waals surface area contributed by atoms with Crippen LogP contribution in [0.2, 0.25) is 0 Å². The lowest BCUT2D eigenvalue weighted by Gasteiger charge is -2.34. The summed E-state index contributed by atoms with van der Waals surface area (Å²) in [6, 6.07) is 3.90. The maximum absolute atomic E-state index is 12.5. The van der Waals surface area contributed by atoms with Crippen LogP contribution in [0.15, 0.2) is 29.9 Å². The predicted octanol–water partition coefficient (Wildman–Crippen LogP) is 1.70. The normalized spacial score (nSPS) is 14.7. The van der Waals surface area contributed by atoms with Crippen molar-refractivity contribution in [2.24, 2.45) is 0 Å². The van der Waals surface area contributed by atoms with Gasteiger partial charge in [0.05, 0.1) is 5.01 Å². The number of amides is 1. The second kappa shape index (κ2) is 6.83. The molecular weight excluding hydrogens is 350 g/mol. The fraction of sp³-hybridized carbons (Fsp3) is 0.353. The molecule has 4 heterocycles. The minimum absolute atomic E-state index is 0.00557. The zero-order valence-corrected chi connectivity index (χ0v) is 15.5.